The molecule has 0 N–H and O–H groups in total. The highest BCUT2D eigenvalue weighted by molar-refractivity contribution is 6.03. The summed E-state index contributed by atoms with van der Waals surface area (Å²) in [6.45, 7) is 5.87. The van der Waals surface area contributed by atoms with Gasteiger partial charge in [0.2, 0.25) is 0 Å². The first kappa shape index (κ1) is 17.4. The Hall–Kier alpha value is -1.91. The molecule has 0 aromatic rings. The first-order valence-electron chi connectivity index (χ1n) is 7.87. The fraction of sp³-hybridized carbons (Fsp3) is 0.611. The van der Waals surface area contributed by atoms with Gasteiger partial charge in [0.25, 0.3) is 0 Å². The number of carbonyl (C=O) groups is 3. The molecule has 126 valence electrons. The lowest BCUT2D eigenvalue weighted by Gasteiger charge is -2.23. The monoisotopic (exact) mass is 320 g/mol. The number of ether oxygens (including phenoxy) is 2. The molecule has 5 nitrogen and oxygen atoms in total. The summed E-state index contributed by atoms with van der Waals surface area (Å²) >= 11 is 0. The molecule has 2 aliphatic rings. The Morgan fingerprint density at radius 2 is 1.78 bits per heavy atom. The Morgan fingerprint density at radius 3 is 2.26 bits per heavy atom. The van der Waals surface area contributed by atoms with Crippen LogP contribution in [0.25, 0.3) is 0 Å². The van der Waals surface area contributed by atoms with Gasteiger partial charge in [0, 0.05) is 12.3 Å². The Labute approximate surface area is 136 Å². The number of methoxy groups -OCH3 is 2. The summed E-state index contributed by atoms with van der Waals surface area (Å²) in [5.41, 5.74) is 1.24. The van der Waals surface area contributed by atoms with Crippen LogP contribution in [0.2, 0.25) is 0 Å². The van der Waals surface area contributed by atoms with E-state index in [0.29, 0.717) is 18.4 Å². The zero-order valence-electron chi connectivity index (χ0n) is 14.4. The van der Waals surface area contributed by atoms with Gasteiger partial charge in [-0.3, -0.25) is 14.4 Å². The van der Waals surface area contributed by atoms with E-state index in [0.717, 1.165) is 11.1 Å². The van der Waals surface area contributed by atoms with Crippen molar-refractivity contribution in [3.8, 4) is 0 Å². The van der Waals surface area contributed by atoms with E-state index in [9.17, 15) is 14.4 Å². The molecule has 0 aromatic heterocycles. The van der Waals surface area contributed by atoms with E-state index >= 15 is 0 Å². The molecular formula is C18H24O5. The van der Waals surface area contributed by atoms with Crippen molar-refractivity contribution in [3.05, 3.63) is 22.8 Å². The number of allylic oxidation sites excluding steroid dienone is 4. The quantitative estimate of drug-likeness (QED) is 0.454. The Balaban J connectivity index is 2.54. The Morgan fingerprint density at radius 1 is 1.22 bits per heavy atom. The molecule has 0 aliphatic heterocycles. The van der Waals surface area contributed by atoms with E-state index < -0.39 is 17.4 Å². The predicted octanol–water partition coefficient (Wildman–Crippen LogP) is 2.60. The van der Waals surface area contributed by atoms with E-state index in [1.165, 1.54) is 14.2 Å². The standard InChI is InChI=1S/C18H24O5/c1-10(2)12-6-13-8-18(16(20)22-4,17(21)23-5)9-14(13)11(3)15(19)7-12/h6,10,13H,7-9H2,1-5H3. The third-order valence-electron chi connectivity index (χ3n) is 5.08. The van der Waals surface area contributed by atoms with Crippen LogP contribution in [0.5, 0.6) is 0 Å². The second-order valence-corrected chi connectivity index (χ2v) is 6.70. The number of rotatable bonds is 3. The lowest BCUT2D eigenvalue weighted by Crippen LogP contribution is -2.39. The molecule has 0 amide bonds. The zero-order valence-corrected chi connectivity index (χ0v) is 14.4. The SMILES string of the molecule is COC(=O)C1(C(=O)OC)CC2=C(C)C(=O)CC(C(C)C)=CC2C1. The van der Waals surface area contributed by atoms with Gasteiger partial charge in [-0.05, 0) is 31.3 Å². The third-order valence-corrected chi connectivity index (χ3v) is 5.08. The first-order chi connectivity index (χ1) is 10.8. The minimum absolute atomic E-state index is 0.0629. The summed E-state index contributed by atoms with van der Waals surface area (Å²) in [7, 11) is 2.53. The average Bonchev–Trinajstić information content (AvgIpc) is 2.87. The molecule has 0 bridgehead atoms. The van der Waals surface area contributed by atoms with Crippen molar-refractivity contribution in [2.75, 3.05) is 14.2 Å². The van der Waals surface area contributed by atoms with Crippen LogP contribution in [-0.2, 0) is 23.9 Å². The molecule has 0 aromatic carbocycles. The van der Waals surface area contributed by atoms with Gasteiger partial charge in [0.05, 0.1) is 14.2 Å². The number of carbonyl (C=O) groups excluding carboxylic acids is 3. The minimum atomic E-state index is -1.35. The number of ketones is 1. The molecule has 2 aliphatic carbocycles. The average molecular weight is 320 g/mol. The predicted molar refractivity (Wildman–Crippen MR) is 84.4 cm³/mol. The second kappa shape index (κ2) is 6.30. The van der Waals surface area contributed by atoms with Gasteiger partial charge in [-0.15, -0.1) is 0 Å². The van der Waals surface area contributed by atoms with E-state index in [1.54, 1.807) is 6.92 Å². The summed E-state index contributed by atoms with van der Waals surface area (Å²) < 4.78 is 9.73. The van der Waals surface area contributed by atoms with Crippen molar-refractivity contribution >= 4 is 17.7 Å². The van der Waals surface area contributed by atoms with Gasteiger partial charge >= 0.3 is 11.9 Å². The Kier molecular flexibility index (Phi) is 4.78. The van der Waals surface area contributed by atoms with Crippen molar-refractivity contribution in [3.63, 3.8) is 0 Å². The van der Waals surface area contributed by atoms with Gasteiger partial charge in [-0.2, -0.15) is 0 Å². The van der Waals surface area contributed by atoms with Gasteiger partial charge in [0.15, 0.2) is 11.2 Å². The third kappa shape index (κ3) is 2.84. The van der Waals surface area contributed by atoms with Crippen LogP contribution in [0, 0.1) is 17.3 Å². The largest absolute Gasteiger partial charge is 0.468 e. The lowest BCUT2D eigenvalue weighted by molar-refractivity contribution is -0.168. The van der Waals surface area contributed by atoms with E-state index in [-0.39, 0.29) is 24.0 Å². The fourth-order valence-corrected chi connectivity index (χ4v) is 3.59. The van der Waals surface area contributed by atoms with E-state index in [4.69, 9.17) is 9.47 Å². The van der Waals surface area contributed by atoms with Crippen LogP contribution >= 0.6 is 0 Å². The van der Waals surface area contributed by atoms with Crippen molar-refractivity contribution in [2.24, 2.45) is 17.3 Å². The minimum Gasteiger partial charge on any atom is -0.468 e. The van der Waals surface area contributed by atoms with Crippen LogP contribution in [0.15, 0.2) is 22.8 Å². The van der Waals surface area contributed by atoms with Gasteiger partial charge < -0.3 is 9.47 Å². The van der Waals surface area contributed by atoms with Crippen LogP contribution in [-0.4, -0.2) is 31.9 Å². The molecule has 0 saturated heterocycles. The molecule has 1 saturated carbocycles. The maximum atomic E-state index is 12.4. The molecule has 23 heavy (non-hydrogen) atoms. The van der Waals surface area contributed by atoms with E-state index in [1.807, 2.05) is 13.8 Å². The van der Waals surface area contributed by atoms with Crippen molar-refractivity contribution in [1.29, 1.82) is 0 Å². The summed E-state index contributed by atoms with van der Waals surface area (Å²) in [5.74, 6) is -0.975. The van der Waals surface area contributed by atoms with Gasteiger partial charge in [-0.1, -0.05) is 31.1 Å². The van der Waals surface area contributed by atoms with Crippen LogP contribution in [0.4, 0.5) is 0 Å². The first-order valence-corrected chi connectivity index (χ1v) is 7.87. The highest BCUT2D eigenvalue weighted by Gasteiger charge is 2.56. The van der Waals surface area contributed by atoms with Gasteiger partial charge in [0.1, 0.15) is 0 Å². The van der Waals surface area contributed by atoms with Crippen LogP contribution < -0.4 is 0 Å². The molecule has 1 fully saturated rings. The highest BCUT2D eigenvalue weighted by atomic mass is 16.5. The molecule has 0 radical (unpaired) electrons. The second-order valence-electron chi connectivity index (χ2n) is 6.70. The summed E-state index contributed by atoms with van der Waals surface area (Å²) in [6, 6.07) is 0. The lowest BCUT2D eigenvalue weighted by atomic mass is 9.84. The summed E-state index contributed by atoms with van der Waals surface area (Å²) in [5, 5.41) is 0. The molecule has 0 spiro atoms. The van der Waals surface area contributed by atoms with Crippen molar-refractivity contribution < 1.29 is 23.9 Å². The molecule has 1 atom stereocenters. The number of fused-ring (bicyclic) bond motifs is 1. The van der Waals surface area contributed by atoms with Crippen LogP contribution in [0.3, 0.4) is 0 Å². The smallest absolute Gasteiger partial charge is 0.323 e. The highest BCUT2D eigenvalue weighted by Crippen LogP contribution is 2.50. The van der Waals surface area contributed by atoms with Gasteiger partial charge in [-0.25, -0.2) is 0 Å². The van der Waals surface area contributed by atoms with E-state index in [2.05, 4.69) is 6.08 Å². The van der Waals surface area contributed by atoms with Crippen molar-refractivity contribution in [1.82, 2.24) is 0 Å². The topological polar surface area (TPSA) is 69.7 Å². The zero-order chi connectivity index (χ0) is 17.4. The fourth-order valence-electron chi connectivity index (χ4n) is 3.59. The molecule has 2 rings (SSSR count). The van der Waals surface area contributed by atoms with Crippen molar-refractivity contribution in [2.45, 2.75) is 40.0 Å². The number of hydrogen-bond acceptors (Lipinski definition) is 5. The molecular weight excluding hydrogens is 296 g/mol. The number of esters is 2. The normalized spacial score (nSPS) is 23.3. The Bertz CT molecular complexity index is 593. The maximum Gasteiger partial charge on any atom is 0.323 e. The number of hydrogen-bond donors (Lipinski definition) is 0. The number of Topliss-reactive ketones (excluding diaryl/α,β-unsaturated/α-hetero) is 1. The molecule has 0 heterocycles. The summed E-state index contributed by atoms with van der Waals surface area (Å²) in [4.78, 5) is 37.1. The van der Waals surface area contributed by atoms with Crippen LogP contribution in [0.1, 0.15) is 40.0 Å². The maximum absolute atomic E-state index is 12.4. The molecule has 5 heteroatoms. The summed E-state index contributed by atoms with van der Waals surface area (Å²) in [6.07, 6.45) is 2.95. The molecule has 1 unspecified atom stereocenters.